The van der Waals surface area contributed by atoms with Crippen LogP contribution in [0.3, 0.4) is 0 Å². The summed E-state index contributed by atoms with van der Waals surface area (Å²) < 4.78 is 91.5. The fraction of sp³-hybridized carbons (Fsp3) is 0.565. The minimum absolute atomic E-state index is 0.0259. The van der Waals surface area contributed by atoms with E-state index in [0.29, 0.717) is 23.1 Å². The molecule has 3 nitrogen and oxygen atoms in total. The van der Waals surface area contributed by atoms with E-state index in [-0.39, 0.29) is 23.8 Å². The van der Waals surface area contributed by atoms with Gasteiger partial charge in [-0.3, -0.25) is 0 Å². The van der Waals surface area contributed by atoms with Crippen LogP contribution in [0.25, 0.3) is 10.8 Å². The molecule has 2 saturated carbocycles. The number of halogens is 4. The summed E-state index contributed by atoms with van der Waals surface area (Å²) >= 11 is 0. The number of fused-ring (bicyclic) bond motifs is 3. The summed E-state index contributed by atoms with van der Waals surface area (Å²) in [6, 6.07) is 12.3. The Hall–Kier alpha value is -1.32. The SMILES string of the molecule is CCS(CC)(OS(=O)(=O)C(F)(F)C(F)(F)C1CC2CCC1C2)c1cccc2ccccc12. The average molecular weight is 493 g/mol. The van der Waals surface area contributed by atoms with Gasteiger partial charge in [0.05, 0.1) is 0 Å². The molecular weight excluding hydrogens is 464 g/mol. The van der Waals surface area contributed by atoms with Gasteiger partial charge < -0.3 is 0 Å². The van der Waals surface area contributed by atoms with Crippen LogP contribution in [0.1, 0.15) is 39.5 Å². The van der Waals surface area contributed by atoms with E-state index in [1.54, 1.807) is 38.1 Å². The van der Waals surface area contributed by atoms with E-state index in [4.69, 9.17) is 3.63 Å². The third-order valence-electron chi connectivity index (χ3n) is 7.21. The summed E-state index contributed by atoms with van der Waals surface area (Å²) in [5, 5.41) is -3.83. The van der Waals surface area contributed by atoms with Crippen molar-refractivity contribution < 1.29 is 29.6 Å². The molecule has 0 N–H and O–H groups in total. The topological polar surface area (TPSA) is 43.4 Å². The molecule has 9 heteroatoms. The summed E-state index contributed by atoms with van der Waals surface area (Å²) in [4.78, 5) is 0.475. The molecule has 3 atom stereocenters. The van der Waals surface area contributed by atoms with Crippen molar-refractivity contribution >= 4 is 31.2 Å². The van der Waals surface area contributed by atoms with Gasteiger partial charge in [0.25, 0.3) is 0 Å². The number of hydrogen-bond acceptors (Lipinski definition) is 3. The molecular formula is C23H28F4O3S2. The molecule has 2 aliphatic carbocycles. The van der Waals surface area contributed by atoms with E-state index in [0.717, 1.165) is 11.8 Å². The van der Waals surface area contributed by atoms with Crippen LogP contribution in [0.2, 0.25) is 0 Å². The molecule has 0 saturated heterocycles. The van der Waals surface area contributed by atoms with Gasteiger partial charge >= 0.3 is 21.3 Å². The number of hydrogen-bond donors (Lipinski definition) is 0. The maximum absolute atomic E-state index is 15.1. The standard InChI is InChI=1S/C23H28F4O3S2/c1-3-31(4-2,21-11-7-9-17-8-5-6-10-19(17)21)30-32(28,29)23(26,27)22(24,25)20-15-16-12-13-18(20)14-16/h5-11,16,18,20H,3-4,12-15H2,1-2H3. The van der Waals surface area contributed by atoms with Crippen molar-refractivity contribution in [2.45, 2.75) is 55.6 Å². The largest absolute Gasteiger partial charge is 0.432 e. The minimum Gasteiger partial charge on any atom is -0.211 e. The monoisotopic (exact) mass is 492 g/mol. The molecule has 0 amide bonds. The fourth-order valence-corrected chi connectivity index (χ4v) is 10.7. The van der Waals surface area contributed by atoms with E-state index >= 15 is 17.6 Å². The van der Waals surface area contributed by atoms with E-state index in [1.807, 2.05) is 18.2 Å². The summed E-state index contributed by atoms with van der Waals surface area (Å²) in [5.74, 6) is -6.71. The predicted molar refractivity (Wildman–Crippen MR) is 120 cm³/mol. The van der Waals surface area contributed by atoms with Crippen LogP contribution >= 0.6 is 10.3 Å². The second kappa shape index (κ2) is 8.17. The fourth-order valence-electron chi connectivity index (χ4n) is 5.45. The first kappa shape index (κ1) is 23.8. The minimum atomic E-state index is -5.92. The molecule has 32 heavy (non-hydrogen) atoms. The normalized spacial score (nSPS) is 24.9. The quantitative estimate of drug-likeness (QED) is 0.374. The molecule has 2 aliphatic rings. The lowest BCUT2D eigenvalue weighted by Gasteiger charge is -2.40. The Morgan fingerprint density at radius 3 is 2.19 bits per heavy atom. The van der Waals surface area contributed by atoms with E-state index < -0.39 is 43.4 Å². The van der Waals surface area contributed by atoms with Crippen LogP contribution in [0.15, 0.2) is 47.4 Å². The molecule has 2 aromatic rings. The van der Waals surface area contributed by atoms with Crippen molar-refractivity contribution in [2.75, 3.05) is 11.5 Å². The molecule has 2 bridgehead atoms. The first-order valence-corrected chi connectivity index (χ1v) is 14.3. The summed E-state index contributed by atoms with van der Waals surface area (Å²) in [5.41, 5.74) is 0. The van der Waals surface area contributed by atoms with E-state index in [9.17, 15) is 8.42 Å². The van der Waals surface area contributed by atoms with E-state index in [2.05, 4.69) is 0 Å². The van der Waals surface area contributed by atoms with Crippen LogP contribution in [0.5, 0.6) is 0 Å². The van der Waals surface area contributed by atoms with Gasteiger partial charge in [0.15, 0.2) is 0 Å². The van der Waals surface area contributed by atoms with Gasteiger partial charge in [-0.2, -0.15) is 26.0 Å². The Kier molecular flexibility index (Phi) is 6.08. The maximum atomic E-state index is 15.1. The number of alkyl halides is 4. The van der Waals surface area contributed by atoms with Gasteiger partial charge in [-0.05, 0) is 47.9 Å². The van der Waals surface area contributed by atoms with Gasteiger partial charge in [0.2, 0.25) is 0 Å². The zero-order valence-corrected chi connectivity index (χ0v) is 19.7. The predicted octanol–water partition coefficient (Wildman–Crippen LogP) is 6.97. The second-order valence-corrected chi connectivity index (χ2v) is 14.0. The molecule has 0 heterocycles. The summed E-state index contributed by atoms with van der Waals surface area (Å²) in [7, 11) is -8.73. The molecule has 0 aliphatic heterocycles. The second-order valence-electron chi connectivity index (χ2n) is 8.81. The van der Waals surface area contributed by atoms with Crippen molar-refractivity contribution in [3.05, 3.63) is 42.5 Å². The van der Waals surface area contributed by atoms with Crippen molar-refractivity contribution in [3.63, 3.8) is 0 Å². The highest BCUT2D eigenvalue weighted by Crippen LogP contribution is 2.63. The Balaban J connectivity index is 1.73. The first-order valence-electron chi connectivity index (χ1n) is 11.0. The van der Waals surface area contributed by atoms with Crippen LogP contribution in [0, 0.1) is 17.8 Å². The average Bonchev–Trinajstić information content (AvgIpc) is 3.41. The highest BCUT2D eigenvalue weighted by Gasteiger charge is 2.72. The molecule has 4 rings (SSSR count). The van der Waals surface area contributed by atoms with Crippen molar-refractivity contribution in [2.24, 2.45) is 17.8 Å². The molecule has 0 aromatic heterocycles. The Bertz CT molecular complexity index is 1090. The Morgan fingerprint density at radius 2 is 1.59 bits per heavy atom. The van der Waals surface area contributed by atoms with Crippen LogP contribution < -0.4 is 0 Å². The Morgan fingerprint density at radius 1 is 0.938 bits per heavy atom. The number of rotatable bonds is 8. The lowest BCUT2D eigenvalue weighted by Crippen LogP contribution is -2.53. The molecule has 178 valence electrons. The van der Waals surface area contributed by atoms with Gasteiger partial charge in [-0.15, -0.1) is 0 Å². The van der Waals surface area contributed by atoms with Crippen molar-refractivity contribution in [1.29, 1.82) is 0 Å². The maximum Gasteiger partial charge on any atom is 0.432 e. The zero-order valence-electron chi connectivity index (χ0n) is 18.1. The summed E-state index contributed by atoms with van der Waals surface area (Å²) in [6.45, 7) is 3.28. The zero-order chi connectivity index (χ0) is 23.4. The van der Waals surface area contributed by atoms with Crippen molar-refractivity contribution in [3.8, 4) is 0 Å². The molecule has 2 fully saturated rings. The summed E-state index contributed by atoms with van der Waals surface area (Å²) in [6.07, 6.45) is 1.58. The van der Waals surface area contributed by atoms with Gasteiger partial charge in [0.1, 0.15) is 0 Å². The highest BCUT2D eigenvalue weighted by atomic mass is 32.3. The molecule has 3 unspecified atom stereocenters. The number of benzene rings is 2. The lowest BCUT2D eigenvalue weighted by molar-refractivity contribution is -0.202. The van der Waals surface area contributed by atoms with Crippen LogP contribution in [-0.2, 0) is 13.7 Å². The Labute approximate surface area is 188 Å². The molecule has 0 spiro atoms. The third kappa shape index (κ3) is 3.55. The first-order chi connectivity index (χ1) is 15.0. The van der Waals surface area contributed by atoms with E-state index in [1.165, 1.54) is 0 Å². The van der Waals surface area contributed by atoms with Crippen LogP contribution in [-0.4, -0.2) is 31.1 Å². The highest BCUT2D eigenvalue weighted by molar-refractivity contribution is 8.33. The smallest absolute Gasteiger partial charge is 0.211 e. The lowest BCUT2D eigenvalue weighted by atomic mass is 9.84. The van der Waals surface area contributed by atoms with Gasteiger partial charge in [-0.25, -0.2) is 3.63 Å². The molecule has 0 radical (unpaired) electrons. The molecule has 2 aromatic carbocycles. The van der Waals surface area contributed by atoms with Gasteiger partial charge in [0, 0.05) is 22.3 Å². The van der Waals surface area contributed by atoms with Gasteiger partial charge in [-0.1, -0.05) is 67.0 Å². The third-order valence-corrected chi connectivity index (χ3v) is 12.9. The van der Waals surface area contributed by atoms with Crippen LogP contribution in [0.4, 0.5) is 17.6 Å². The van der Waals surface area contributed by atoms with Crippen molar-refractivity contribution in [1.82, 2.24) is 0 Å².